The minimum absolute atomic E-state index is 0.261. The van der Waals surface area contributed by atoms with Gasteiger partial charge in [0, 0.05) is 6.07 Å². The summed E-state index contributed by atoms with van der Waals surface area (Å²) in [7, 11) is 0. The highest BCUT2D eigenvalue weighted by molar-refractivity contribution is 6.14. The number of hydrogen-bond donors (Lipinski definition) is 1. The van der Waals surface area contributed by atoms with Crippen molar-refractivity contribution < 1.29 is 19.6 Å². The molecular formula is C11H11NO5. The summed E-state index contributed by atoms with van der Waals surface area (Å²) in [6.45, 7) is 2.69. The molecule has 0 radical (unpaired) electrons. The number of hydrogen-bond acceptors (Lipinski definition) is 5. The van der Waals surface area contributed by atoms with Gasteiger partial charge in [0.2, 0.25) is 5.78 Å². The second kappa shape index (κ2) is 4.84. The van der Waals surface area contributed by atoms with Crippen LogP contribution in [0.3, 0.4) is 0 Å². The number of benzene rings is 1. The molecule has 0 aromatic heterocycles. The largest absolute Gasteiger partial charge is 0.377 e. The second-order valence-electron chi connectivity index (χ2n) is 3.66. The molecule has 0 heterocycles. The maximum absolute atomic E-state index is 11.6. The first-order valence-electron chi connectivity index (χ1n) is 4.82. The zero-order chi connectivity index (χ0) is 13.2. The predicted octanol–water partition coefficient (Wildman–Crippen LogP) is 1.04. The molecule has 0 saturated carbocycles. The number of aryl methyl sites for hydroxylation is 1. The molecule has 0 aliphatic rings. The van der Waals surface area contributed by atoms with E-state index in [1.54, 1.807) is 6.92 Å². The van der Waals surface area contributed by atoms with Gasteiger partial charge in [0.15, 0.2) is 11.9 Å². The fourth-order valence-corrected chi connectivity index (χ4v) is 1.33. The highest BCUT2D eigenvalue weighted by Gasteiger charge is 2.28. The van der Waals surface area contributed by atoms with Gasteiger partial charge < -0.3 is 5.11 Å². The fraction of sp³-hybridized carbons (Fsp3) is 0.273. The van der Waals surface area contributed by atoms with Crippen LogP contribution in [-0.4, -0.2) is 27.7 Å². The molecule has 1 atom stereocenters. The molecule has 0 aliphatic carbocycles. The molecule has 0 amide bonds. The molecule has 1 unspecified atom stereocenters. The van der Waals surface area contributed by atoms with Crippen LogP contribution in [0.2, 0.25) is 0 Å². The van der Waals surface area contributed by atoms with Crippen molar-refractivity contribution in [3.8, 4) is 0 Å². The molecular weight excluding hydrogens is 226 g/mol. The summed E-state index contributed by atoms with van der Waals surface area (Å²) < 4.78 is 0. The normalized spacial score (nSPS) is 11.9. The first kappa shape index (κ1) is 13.0. The van der Waals surface area contributed by atoms with E-state index < -0.39 is 28.3 Å². The Morgan fingerprint density at radius 3 is 2.47 bits per heavy atom. The van der Waals surface area contributed by atoms with Gasteiger partial charge in [-0.25, -0.2) is 0 Å². The minimum Gasteiger partial charge on any atom is -0.377 e. The molecule has 90 valence electrons. The first-order valence-corrected chi connectivity index (χ1v) is 4.82. The van der Waals surface area contributed by atoms with Crippen LogP contribution in [0.1, 0.15) is 22.8 Å². The van der Waals surface area contributed by atoms with Crippen molar-refractivity contribution in [2.24, 2.45) is 0 Å². The van der Waals surface area contributed by atoms with Crippen LogP contribution < -0.4 is 0 Å². The number of rotatable bonds is 4. The van der Waals surface area contributed by atoms with Gasteiger partial charge >= 0.3 is 0 Å². The number of nitro groups is 1. The lowest BCUT2D eigenvalue weighted by atomic mass is 10.0. The van der Waals surface area contributed by atoms with E-state index in [1.807, 2.05) is 0 Å². The van der Waals surface area contributed by atoms with Gasteiger partial charge in [-0.1, -0.05) is 6.07 Å². The van der Waals surface area contributed by atoms with E-state index >= 15 is 0 Å². The standard InChI is InChI=1S/C11H11NO5/c1-6-3-4-8(9(5-6)12(16)17)11(15)10(14)7(2)13/h3-5,10,14H,1-2H3. The van der Waals surface area contributed by atoms with Gasteiger partial charge in [-0.05, 0) is 25.5 Å². The molecule has 1 rings (SSSR count). The van der Waals surface area contributed by atoms with Crippen LogP contribution in [0.4, 0.5) is 5.69 Å². The van der Waals surface area contributed by atoms with Crippen molar-refractivity contribution in [3.05, 3.63) is 39.4 Å². The first-order chi connectivity index (χ1) is 7.84. The van der Waals surface area contributed by atoms with Crippen molar-refractivity contribution in [2.75, 3.05) is 0 Å². The zero-order valence-corrected chi connectivity index (χ0v) is 9.34. The van der Waals surface area contributed by atoms with E-state index in [0.29, 0.717) is 5.56 Å². The van der Waals surface area contributed by atoms with Crippen LogP contribution >= 0.6 is 0 Å². The summed E-state index contributed by atoms with van der Waals surface area (Å²) >= 11 is 0. The molecule has 6 nitrogen and oxygen atoms in total. The van der Waals surface area contributed by atoms with Crippen LogP contribution in [0.5, 0.6) is 0 Å². The van der Waals surface area contributed by atoms with Gasteiger partial charge in [0.25, 0.3) is 5.69 Å². The average Bonchev–Trinajstić information content (AvgIpc) is 2.26. The number of nitro benzene ring substituents is 1. The quantitative estimate of drug-likeness (QED) is 0.365. The van der Waals surface area contributed by atoms with E-state index in [2.05, 4.69) is 0 Å². The van der Waals surface area contributed by atoms with Gasteiger partial charge in [-0.3, -0.25) is 19.7 Å². The monoisotopic (exact) mass is 237 g/mol. The summed E-state index contributed by atoms with van der Waals surface area (Å²) in [5, 5.41) is 20.1. The SMILES string of the molecule is CC(=O)C(O)C(=O)c1ccc(C)cc1[N+](=O)[O-]. The molecule has 1 N–H and O–H groups in total. The number of nitrogens with zero attached hydrogens (tertiary/aromatic N) is 1. The number of Topliss-reactive ketones (excluding diaryl/α,β-unsaturated/α-hetero) is 2. The summed E-state index contributed by atoms with van der Waals surface area (Å²) in [6.07, 6.45) is -1.85. The van der Waals surface area contributed by atoms with Crippen molar-refractivity contribution in [2.45, 2.75) is 20.0 Å². The molecule has 0 saturated heterocycles. The van der Waals surface area contributed by atoms with Crippen LogP contribution in [0.25, 0.3) is 0 Å². The number of carbonyl (C=O) groups is 2. The molecule has 1 aromatic carbocycles. The van der Waals surface area contributed by atoms with Crippen molar-refractivity contribution in [1.82, 2.24) is 0 Å². The summed E-state index contributed by atoms with van der Waals surface area (Å²) in [5.41, 5.74) is -0.0517. The van der Waals surface area contributed by atoms with Crippen LogP contribution in [0, 0.1) is 17.0 Å². The lowest BCUT2D eigenvalue weighted by Crippen LogP contribution is -2.28. The average molecular weight is 237 g/mol. The maximum Gasteiger partial charge on any atom is 0.280 e. The highest BCUT2D eigenvalue weighted by atomic mass is 16.6. The summed E-state index contributed by atoms with van der Waals surface area (Å²) in [5.74, 6) is -1.70. The van der Waals surface area contributed by atoms with Gasteiger partial charge in [-0.15, -0.1) is 0 Å². The molecule has 6 heteroatoms. The number of aliphatic hydroxyl groups excluding tert-OH is 1. The smallest absolute Gasteiger partial charge is 0.280 e. The third kappa shape index (κ3) is 2.73. The Morgan fingerprint density at radius 2 is 2.00 bits per heavy atom. The molecule has 0 fully saturated rings. The lowest BCUT2D eigenvalue weighted by Gasteiger charge is -2.06. The maximum atomic E-state index is 11.6. The Balaban J connectivity index is 3.27. The lowest BCUT2D eigenvalue weighted by molar-refractivity contribution is -0.385. The summed E-state index contributed by atoms with van der Waals surface area (Å²) in [4.78, 5) is 32.6. The Hall–Kier alpha value is -2.08. The van der Waals surface area contributed by atoms with Crippen molar-refractivity contribution in [1.29, 1.82) is 0 Å². The molecule has 0 aliphatic heterocycles. The molecule has 17 heavy (non-hydrogen) atoms. The van der Waals surface area contributed by atoms with Crippen molar-refractivity contribution in [3.63, 3.8) is 0 Å². The van der Waals surface area contributed by atoms with E-state index in [1.165, 1.54) is 18.2 Å². The van der Waals surface area contributed by atoms with Crippen LogP contribution in [-0.2, 0) is 4.79 Å². The second-order valence-corrected chi connectivity index (χ2v) is 3.66. The Bertz CT molecular complexity index is 495. The number of aliphatic hydroxyl groups is 1. The third-order valence-corrected chi connectivity index (χ3v) is 2.25. The van der Waals surface area contributed by atoms with Gasteiger partial charge in [0.05, 0.1) is 10.5 Å². The fourth-order valence-electron chi connectivity index (χ4n) is 1.33. The number of ketones is 2. The molecule has 0 spiro atoms. The highest BCUT2D eigenvalue weighted by Crippen LogP contribution is 2.21. The molecule has 1 aromatic rings. The van der Waals surface area contributed by atoms with E-state index in [4.69, 9.17) is 0 Å². The Labute approximate surface area is 97.0 Å². The Kier molecular flexibility index (Phi) is 3.69. The topological polar surface area (TPSA) is 97.5 Å². The number of carbonyl (C=O) groups excluding carboxylic acids is 2. The van der Waals surface area contributed by atoms with E-state index in [9.17, 15) is 24.8 Å². The van der Waals surface area contributed by atoms with E-state index in [0.717, 1.165) is 6.92 Å². The van der Waals surface area contributed by atoms with Crippen molar-refractivity contribution >= 4 is 17.3 Å². The van der Waals surface area contributed by atoms with Gasteiger partial charge in [-0.2, -0.15) is 0 Å². The van der Waals surface area contributed by atoms with E-state index in [-0.39, 0.29) is 5.56 Å². The van der Waals surface area contributed by atoms with Gasteiger partial charge in [0.1, 0.15) is 0 Å². The van der Waals surface area contributed by atoms with Crippen LogP contribution in [0.15, 0.2) is 18.2 Å². The Morgan fingerprint density at radius 1 is 1.41 bits per heavy atom. The predicted molar refractivity (Wildman–Crippen MR) is 58.9 cm³/mol. The molecule has 0 bridgehead atoms. The third-order valence-electron chi connectivity index (χ3n) is 2.25. The zero-order valence-electron chi connectivity index (χ0n) is 9.34. The summed E-state index contributed by atoms with van der Waals surface area (Å²) in [6, 6.07) is 3.97. The minimum atomic E-state index is -1.85.